The normalized spacial score (nSPS) is 11.7. The average Bonchev–Trinajstić information content (AvgIpc) is 2.65. The van der Waals surface area contributed by atoms with Crippen LogP contribution in [-0.2, 0) is 16.9 Å². The molecule has 0 radical (unpaired) electrons. The number of aryl methyl sites for hydroxylation is 1. The van der Waals surface area contributed by atoms with Gasteiger partial charge in [-0.2, -0.15) is 0 Å². The molecule has 0 aliphatic rings. The summed E-state index contributed by atoms with van der Waals surface area (Å²) in [4.78, 5) is 16.7. The maximum absolute atomic E-state index is 12.4. The Bertz CT molecular complexity index is 1130. The van der Waals surface area contributed by atoms with Crippen molar-refractivity contribution in [1.29, 1.82) is 0 Å². The van der Waals surface area contributed by atoms with E-state index in [4.69, 9.17) is 4.74 Å². The Morgan fingerprint density at radius 1 is 1.12 bits per heavy atom. The summed E-state index contributed by atoms with van der Waals surface area (Å²) in [5, 5.41) is 1.17. The van der Waals surface area contributed by atoms with Crippen LogP contribution in [0, 0.1) is 0 Å². The van der Waals surface area contributed by atoms with Crippen molar-refractivity contribution in [3.8, 4) is 16.9 Å². The first-order valence-electron chi connectivity index (χ1n) is 8.32. The van der Waals surface area contributed by atoms with Gasteiger partial charge in [0, 0.05) is 36.8 Å². The Hall–Kier alpha value is -2.67. The zero-order chi connectivity index (χ0) is 18.9. The second kappa shape index (κ2) is 6.92. The van der Waals surface area contributed by atoms with Crippen molar-refractivity contribution in [2.45, 2.75) is 18.7 Å². The first-order valence-corrected chi connectivity index (χ1v) is 9.97. The van der Waals surface area contributed by atoms with Gasteiger partial charge < -0.3 is 9.30 Å². The van der Waals surface area contributed by atoms with Crippen LogP contribution < -0.4 is 10.3 Å². The number of fused-ring (bicyclic) bond motifs is 1. The Balaban J connectivity index is 2.39. The SMILES string of the molecule is CCOc1ccc(S(=O)(=O)CC)cc1-c1cn(C)c(=O)c2cnccc12. The lowest BCUT2D eigenvalue weighted by atomic mass is 10.0. The van der Waals surface area contributed by atoms with Gasteiger partial charge in [-0.05, 0) is 36.6 Å². The van der Waals surface area contributed by atoms with Gasteiger partial charge in [0.15, 0.2) is 9.84 Å². The highest BCUT2D eigenvalue weighted by atomic mass is 32.2. The zero-order valence-electron chi connectivity index (χ0n) is 14.9. The van der Waals surface area contributed by atoms with E-state index in [9.17, 15) is 13.2 Å². The van der Waals surface area contributed by atoms with Gasteiger partial charge in [0.2, 0.25) is 0 Å². The van der Waals surface area contributed by atoms with Gasteiger partial charge in [0.1, 0.15) is 5.75 Å². The fourth-order valence-corrected chi connectivity index (χ4v) is 3.79. The Kier molecular flexibility index (Phi) is 4.82. The number of hydrogen-bond donors (Lipinski definition) is 0. The molecule has 1 aromatic carbocycles. The summed E-state index contributed by atoms with van der Waals surface area (Å²) in [6.45, 7) is 3.92. The number of benzene rings is 1. The summed E-state index contributed by atoms with van der Waals surface area (Å²) in [5.41, 5.74) is 1.20. The van der Waals surface area contributed by atoms with Crippen LogP contribution in [0.1, 0.15) is 13.8 Å². The molecule has 0 bridgehead atoms. The predicted molar refractivity (Wildman–Crippen MR) is 101 cm³/mol. The monoisotopic (exact) mass is 372 g/mol. The van der Waals surface area contributed by atoms with Gasteiger partial charge in [-0.25, -0.2) is 8.42 Å². The lowest BCUT2D eigenvalue weighted by Gasteiger charge is -2.15. The van der Waals surface area contributed by atoms with Gasteiger partial charge >= 0.3 is 0 Å². The molecule has 0 saturated heterocycles. The molecule has 3 rings (SSSR count). The molecule has 6 nitrogen and oxygen atoms in total. The number of ether oxygens (including phenoxy) is 1. The number of hydrogen-bond acceptors (Lipinski definition) is 5. The minimum absolute atomic E-state index is 0.0123. The van der Waals surface area contributed by atoms with Crippen molar-refractivity contribution >= 4 is 20.6 Å². The first-order chi connectivity index (χ1) is 12.4. The number of aromatic nitrogens is 2. The van der Waals surface area contributed by atoms with Crippen molar-refractivity contribution in [1.82, 2.24) is 9.55 Å². The van der Waals surface area contributed by atoms with Crippen LogP contribution in [0.5, 0.6) is 5.75 Å². The van der Waals surface area contributed by atoms with Gasteiger partial charge in [0.05, 0.1) is 22.6 Å². The molecule has 0 atom stereocenters. The first kappa shape index (κ1) is 18.1. The van der Waals surface area contributed by atoms with Crippen molar-refractivity contribution in [3.63, 3.8) is 0 Å². The van der Waals surface area contributed by atoms with Gasteiger partial charge in [-0.15, -0.1) is 0 Å². The molecule has 7 heteroatoms. The molecule has 0 aliphatic heterocycles. The highest BCUT2D eigenvalue weighted by molar-refractivity contribution is 7.91. The van der Waals surface area contributed by atoms with E-state index in [0.717, 1.165) is 5.56 Å². The number of pyridine rings is 2. The number of rotatable bonds is 5. The Morgan fingerprint density at radius 2 is 1.88 bits per heavy atom. The van der Waals surface area contributed by atoms with E-state index in [1.165, 1.54) is 10.8 Å². The third-order valence-corrected chi connectivity index (χ3v) is 6.00. The summed E-state index contributed by atoms with van der Waals surface area (Å²) in [6, 6.07) is 6.59. The topological polar surface area (TPSA) is 78.3 Å². The van der Waals surface area contributed by atoms with Gasteiger partial charge in [0.25, 0.3) is 5.56 Å². The van der Waals surface area contributed by atoms with Crippen LogP contribution in [-0.4, -0.2) is 30.3 Å². The van der Waals surface area contributed by atoms with Crippen molar-refractivity contribution in [2.24, 2.45) is 7.05 Å². The third kappa shape index (κ3) is 3.10. The van der Waals surface area contributed by atoms with Gasteiger partial charge in [-0.3, -0.25) is 9.78 Å². The zero-order valence-corrected chi connectivity index (χ0v) is 15.7. The number of sulfone groups is 1. The van der Waals surface area contributed by atoms with E-state index in [-0.39, 0.29) is 16.2 Å². The molecule has 2 heterocycles. The fourth-order valence-electron chi connectivity index (χ4n) is 2.89. The minimum atomic E-state index is -3.37. The van der Waals surface area contributed by atoms with Crippen LogP contribution >= 0.6 is 0 Å². The van der Waals surface area contributed by atoms with E-state index in [1.54, 1.807) is 50.6 Å². The molecular weight excluding hydrogens is 352 g/mol. The molecule has 0 amide bonds. The third-order valence-electron chi connectivity index (χ3n) is 4.26. The molecule has 2 aromatic heterocycles. The minimum Gasteiger partial charge on any atom is -0.493 e. The largest absolute Gasteiger partial charge is 0.493 e. The van der Waals surface area contributed by atoms with Crippen LogP contribution in [0.4, 0.5) is 0 Å². The fraction of sp³-hybridized carbons (Fsp3) is 0.263. The summed E-state index contributed by atoms with van der Waals surface area (Å²) in [5.74, 6) is 0.581. The summed E-state index contributed by atoms with van der Waals surface area (Å²) in [6.07, 6.45) is 4.83. The van der Waals surface area contributed by atoms with Crippen molar-refractivity contribution in [2.75, 3.05) is 12.4 Å². The smallest absolute Gasteiger partial charge is 0.259 e. The lowest BCUT2D eigenvalue weighted by Crippen LogP contribution is -2.17. The maximum Gasteiger partial charge on any atom is 0.259 e. The molecule has 0 saturated carbocycles. The molecule has 26 heavy (non-hydrogen) atoms. The van der Waals surface area contributed by atoms with Crippen LogP contribution in [0.3, 0.4) is 0 Å². The van der Waals surface area contributed by atoms with E-state index < -0.39 is 9.84 Å². The van der Waals surface area contributed by atoms with E-state index in [0.29, 0.717) is 28.7 Å². The quantitative estimate of drug-likeness (QED) is 0.688. The molecule has 136 valence electrons. The molecule has 0 unspecified atom stereocenters. The highest BCUT2D eigenvalue weighted by Crippen LogP contribution is 2.36. The maximum atomic E-state index is 12.4. The highest BCUT2D eigenvalue weighted by Gasteiger charge is 2.18. The lowest BCUT2D eigenvalue weighted by molar-refractivity contribution is 0.341. The molecular formula is C19H20N2O4S. The second-order valence-corrected chi connectivity index (χ2v) is 8.15. The Morgan fingerprint density at radius 3 is 2.58 bits per heavy atom. The van der Waals surface area contributed by atoms with E-state index >= 15 is 0 Å². The molecule has 0 fully saturated rings. The Labute approximate surface area is 152 Å². The van der Waals surface area contributed by atoms with Crippen molar-refractivity contribution < 1.29 is 13.2 Å². The average molecular weight is 372 g/mol. The van der Waals surface area contributed by atoms with Crippen LogP contribution in [0.25, 0.3) is 21.9 Å². The van der Waals surface area contributed by atoms with E-state index in [2.05, 4.69) is 4.98 Å². The molecule has 3 aromatic rings. The number of nitrogens with zero attached hydrogens (tertiary/aromatic N) is 2. The molecule has 0 aliphatic carbocycles. The molecule has 0 N–H and O–H groups in total. The van der Waals surface area contributed by atoms with Crippen LogP contribution in [0.2, 0.25) is 0 Å². The summed E-state index contributed by atoms with van der Waals surface area (Å²) < 4.78 is 31.8. The standard InChI is InChI=1S/C19H20N2O4S/c1-4-25-18-7-6-13(26(23,24)5-2)10-15(18)17-12-21(3)19(22)16-11-20-9-8-14(16)17/h6-12H,4-5H2,1-3H3. The van der Waals surface area contributed by atoms with Crippen LogP contribution in [0.15, 0.2) is 52.5 Å². The summed E-state index contributed by atoms with van der Waals surface area (Å²) in [7, 11) is -1.71. The van der Waals surface area contributed by atoms with Gasteiger partial charge in [-0.1, -0.05) is 6.92 Å². The summed E-state index contributed by atoms with van der Waals surface area (Å²) >= 11 is 0. The van der Waals surface area contributed by atoms with Crippen molar-refractivity contribution in [3.05, 3.63) is 53.2 Å². The predicted octanol–water partition coefficient (Wildman–Crippen LogP) is 2.79. The second-order valence-electron chi connectivity index (χ2n) is 5.87. The molecule has 0 spiro atoms. The van der Waals surface area contributed by atoms with E-state index in [1.807, 2.05) is 6.92 Å².